The number of amides is 3. The highest BCUT2D eigenvalue weighted by atomic mass is 35.5. The smallest absolute Gasteiger partial charge is 0.253 e. The van der Waals surface area contributed by atoms with E-state index in [9.17, 15) is 14.4 Å². The lowest BCUT2D eigenvalue weighted by molar-refractivity contribution is -0.124. The van der Waals surface area contributed by atoms with Crippen molar-refractivity contribution >= 4 is 29.3 Å². The van der Waals surface area contributed by atoms with Crippen molar-refractivity contribution in [3.8, 4) is 5.75 Å². The van der Waals surface area contributed by atoms with E-state index in [4.69, 9.17) is 21.1 Å². The number of benzene rings is 2. The topological polar surface area (TPSA) is 97.0 Å². The number of carbonyl (C=O) groups excluding carboxylic acids is 3. The van der Waals surface area contributed by atoms with Gasteiger partial charge < -0.3 is 25.0 Å². The number of nitrogens with zero attached hydrogens (tertiary/aromatic N) is 1. The summed E-state index contributed by atoms with van der Waals surface area (Å²) in [5, 5.41) is 6.41. The lowest BCUT2D eigenvalue weighted by atomic mass is 9.88. The SMILES string of the molecule is COCCCNC(=O)[C@@H](NC(=O)c1ccc(OC)cc1)C1CCN(C(=O)c2ccc(Cl)cc2)CC1. The second-order valence-corrected chi connectivity index (χ2v) is 8.89. The van der Waals surface area contributed by atoms with Gasteiger partial charge in [0.1, 0.15) is 11.8 Å². The molecule has 188 valence electrons. The predicted octanol–water partition coefficient (Wildman–Crippen LogP) is 3.15. The molecule has 35 heavy (non-hydrogen) atoms. The van der Waals surface area contributed by atoms with Gasteiger partial charge in [-0.15, -0.1) is 0 Å². The van der Waals surface area contributed by atoms with Crippen molar-refractivity contribution in [1.29, 1.82) is 0 Å². The van der Waals surface area contributed by atoms with Gasteiger partial charge in [-0.3, -0.25) is 14.4 Å². The fourth-order valence-electron chi connectivity index (χ4n) is 4.11. The van der Waals surface area contributed by atoms with Crippen LogP contribution < -0.4 is 15.4 Å². The summed E-state index contributed by atoms with van der Waals surface area (Å²) < 4.78 is 10.2. The van der Waals surface area contributed by atoms with Gasteiger partial charge in [-0.1, -0.05) is 11.6 Å². The van der Waals surface area contributed by atoms with E-state index in [0.29, 0.717) is 67.4 Å². The third-order valence-electron chi connectivity index (χ3n) is 6.14. The zero-order valence-electron chi connectivity index (χ0n) is 20.1. The van der Waals surface area contributed by atoms with Crippen molar-refractivity contribution in [3.05, 3.63) is 64.7 Å². The second-order valence-electron chi connectivity index (χ2n) is 8.45. The van der Waals surface area contributed by atoms with E-state index in [1.807, 2.05) is 0 Å². The molecule has 3 rings (SSSR count). The van der Waals surface area contributed by atoms with Gasteiger partial charge in [0.15, 0.2) is 0 Å². The molecule has 0 unspecified atom stereocenters. The molecule has 1 heterocycles. The zero-order chi connectivity index (χ0) is 25.2. The highest BCUT2D eigenvalue weighted by molar-refractivity contribution is 6.30. The number of likely N-dealkylation sites (tertiary alicyclic amines) is 1. The molecule has 1 aliphatic rings. The van der Waals surface area contributed by atoms with Crippen LogP contribution in [-0.2, 0) is 9.53 Å². The minimum atomic E-state index is -0.708. The van der Waals surface area contributed by atoms with E-state index < -0.39 is 6.04 Å². The van der Waals surface area contributed by atoms with Crippen LogP contribution in [-0.4, -0.2) is 69.1 Å². The minimum Gasteiger partial charge on any atom is -0.497 e. The highest BCUT2D eigenvalue weighted by Gasteiger charge is 2.34. The average molecular weight is 502 g/mol. The van der Waals surface area contributed by atoms with Gasteiger partial charge in [0, 0.05) is 49.5 Å². The van der Waals surface area contributed by atoms with E-state index >= 15 is 0 Å². The lowest BCUT2D eigenvalue weighted by Gasteiger charge is -2.36. The van der Waals surface area contributed by atoms with Gasteiger partial charge in [-0.2, -0.15) is 0 Å². The summed E-state index contributed by atoms with van der Waals surface area (Å²) in [7, 11) is 3.17. The Hall–Kier alpha value is -3.10. The molecule has 2 aromatic carbocycles. The summed E-state index contributed by atoms with van der Waals surface area (Å²) in [6.45, 7) is 1.99. The van der Waals surface area contributed by atoms with E-state index in [-0.39, 0.29) is 23.6 Å². The number of halogens is 1. The molecule has 2 N–H and O–H groups in total. The Morgan fingerprint density at radius 2 is 1.63 bits per heavy atom. The maximum Gasteiger partial charge on any atom is 0.253 e. The van der Waals surface area contributed by atoms with Crippen LogP contribution in [0, 0.1) is 5.92 Å². The molecule has 1 fully saturated rings. The number of methoxy groups -OCH3 is 2. The zero-order valence-corrected chi connectivity index (χ0v) is 20.8. The first-order valence-electron chi connectivity index (χ1n) is 11.7. The number of ether oxygens (including phenoxy) is 2. The molecule has 0 bridgehead atoms. The van der Waals surface area contributed by atoms with E-state index in [0.717, 1.165) is 0 Å². The highest BCUT2D eigenvalue weighted by Crippen LogP contribution is 2.24. The van der Waals surface area contributed by atoms with Crippen molar-refractivity contribution in [3.63, 3.8) is 0 Å². The van der Waals surface area contributed by atoms with Crippen LogP contribution in [0.1, 0.15) is 40.0 Å². The number of carbonyl (C=O) groups is 3. The van der Waals surface area contributed by atoms with Crippen molar-refractivity contribution in [2.75, 3.05) is 40.5 Å². The summed E-state index contributed by atoms with van der Waals surface area (Å²) in [6.07, 6.45) is 1.87. The Morgan fingerprint density at radius 3 is 2.23 bits per heavy atom. The predicted molar refractivity (Wildman–Crippen MR) is 134 cm³/mol. The van der Waals surface area contributed by atoms with E-state index in [2.05, 4.69) is 10.6 Å². The van der Waals surface area contributed by atoms with Crippen LogP contribution in [0.15, 0.2) is 48.5 Å². The van der Waals surface area contributed by atoms with E-state index in [1.165, 1.54) is 0 Å². The molecule has 0 spiro atoms. The van der Waals surface area contributed by atoms with Crippen LogP contribution >= 0.6 is 11.6 Å². The quantitative estimate of drug-likeness (QED) is 0.487. The molecule has 3 amide bonds. The maximum atomic E-state index is 13.1. The summed E-state index contributed by atoms with van der Waals surface area (Å²) in [5.41, 5.74) is 1.02. The third kappa shape index (κ3) is 7.44. The van der Waals surface area contributed by atoms with Gasteiger partial charge >= 0.3 is 0 Å². The molecule has 1 saturated heterocycles. The fourth-order valence-corrected chi connectivity index (χ4v) is 4.24. The van der Waals surface area contributed by atoms with Gasteiger partial charge in [-0.25, -0.2) is 0 Å². The Balaban J connectivity index is 1.66. The molecular weight excluding hydrogens is 470 g/mol. The van der Waals surface area contributed by atoms with Gasteiger partial charge in [0.05, 0.1) is 7.11 Å². The van der Waals surface area contributed by atoms with Crippen LogP contribution in [0.4, 0.5) is 0 Å². The molecule has 1 atom stereocenters. The van der Waals surface area contributed by atoms with Crippen LogP contribution in [0.25, 0.3) is 0 Å². The van der Waals surface area contributed by atoms with Crippen LogP contribution in [0.5, 0.6) is 5.75 Å². The molecule has 0 aromatic heterocycles. The van der Waals surface area contributed by atoms with Crippen molar-refractivity contribution in [1.82, 2.24) is 15.5 Å². The van der Waals surface area contributed by atoms with Gasteiger partial charge in [0.25, 0.3) is 11.8 Å². The molecule has 0 saturated carbocycles. The number of piperidine rings is 1. The first kappa shape index (κ1) is 26.5. The Labute approximate surface area is 210 Å². The minimum absolute atomic E-state index is 0.0667. The van der Waals surface area contributed by atoms with Crippen molar-refractivity contribution in [2.24, 2.45) is 5.92 Å². The second kappa shape index (κ2) is 13.1. The van der Waals surface area contributed by atoms with Gasteiger partial charge in [0.2, 0.25) is 5.91 Å². The van der Waals surface area contributed by atoms with Gasteiger partial charge in [-0.05, 0) is 73.7 Å². The lowest BCUT2D eigenvalue weighted by Crippen LogP contribution is -2.54. The summed E-state index contributed by atoms with van der Waals surface area (Å²) in [5.74, 6) is -0.0848. The standard InChI is InChI=1S/C26H32ClN3O5/c1-34-17-3-14-28-25(32)23(29-24(31)19-6-10-22(35-2)11-7-19)18-12-15-30(16-13-18)26(33)20-4-8-21(27)9-5-20/h4-11,18,23H,3,12-17H2,1-2H3,(H,28,32)(H,29,31)/t23-/m0/s1. The third-order valence-corrected chi connectivity index (χ3v) is 6.39. The number of hydrogen-bond donors (Lipinski definition) is 2. The molecule has 1 aliphatic heterocycles. The summed E-state index contributed by atoms with van der Waals surface area (Å²) in [6, 6.07) is 12.8. The van der Waals surface area contributed by atoms with Crippen LogP contribution in [0.3, 0.4) is 0 Å². The van der Waals surface area contributed by atoms with Crippen molar-refractivity contribution in [2.45, 2.75) is 25.3 Å². The van der Waals surface area contributed by atoms with Crippen molar-refractivity contribution < 1.29 is 23.9 Å². The number of rotatable bonds is 10. The number of hydrogen-bond acceptors (Lipinski definition) is 5. The molecule has 0 aliphatic carbocycles. The Bertz CT molecular complexity index is 989. The molecule has 0 radical (unpaired) electrons. The fraction of sp³-hybridized carbons (Fsp3) is 0.423. The first-order valence-corrected chi connectivity index (χ1v) is 12.1. The molecule has 2 aromatic rings. The first-order chi connectivity index (χ1) is 16.9. The van der Waals surface area contributed by atoms with E-state index in [1.54, 1.807) is 67.7 Å². The molecular formula is C26H32ClN3O5. The maximum absolute atomic E-state index is 13.1. The monoisotopic (exact) mass is 501 g/mol. The molecule has 8 nitrogen and oxygen atoms in total. The normalized spacial score (nSPS) is 14.8. The molecule has 9 heteroatoms. The van der Waals surface area contributed by atoms with Crippen LogP contribution in [0.2, 0.25) is 5.02 Å². The Morgan fingerprint density at radius 1 is 1.00 bits per heavy atom. The largest absolute Gasteiger partial charge is 0.497 e. The summed E-state index contributed by atoms with van der Waals surface area (Å²) >= 11 is 5.93. The number of nitrogens with one attached hydrogen (secondary N) is 2. The Kier molecular flexibility index (Phi) is 9.93. The summed E-state index contributed by atoms with van der Waals surface area (Å²) in [4.78, 5) is 40.6. The average Bonchev–Trinajstić information content (AvgIpc) is 2.89.